The summed E-state index contributed by atoms with van der Waals surface area (Å²) in [7, 11) is 0. The second kappa shape index (κ2) is 7.24. The molecule has 3 aromatic carbocycles. The van der Waals surface area contributed by atoms with Crippen LogP contribution in [0.3, 0.4) is 0 Å². The van der Waals surface area contributed by atoms with Crippen LogP contribution >= 0.6 is 0 Å². The van der Waals surface area contributed by atoms with Crippen molar-refractivity contribution in [2.45, 2.75) is 0 Å². The Morgan fingerprint density at radius 3 is 1.21 bits per heavy atom. The van der Waals surface area contributed by atoms with E-state index in [-0.39, 0.29) is 11.5 Å². The first-order chi connectivity index (χ1) is 11.7. The molecular formula is C20H14O4. The highest BCUT2D eigenvalue weighted by molar-refractivity contribution is 5.93. The molecule has 3 rings (SSSR count). The molecule has 0 aliphatic carbocycles. The fourth-order valence-electron chi connectivity index (χ4n) is 2.08. The Balaban J connectivity index is 1.78. The first-order valence-corrected chi connectivity index (χ1v) is 7.37. The van der Waals surface area contributed by atoms with Gasteiger partial charge in [-0.05, 0) is 36.4 Å². The van der Waals surface area contributed by atoms with Gasteiger partial charge in [0.1, 0.15) is 0 Å². The number of hydrogen-bond donors (Lipinski definition) is 0. The van der Waals surface area contributed by atoms with Gasteiger partial charge in [-0.2, -0.15) is 0 Å². The van der Waals surface area contributed by atoms with E-state index in [1.165, 1.54) is 0 Å². The predicted octanol–water partition coefficient (Wildman–Crippen LogP) is 4.13. The fourth-order valence-corrected chi connectivity index (χ4v) is 2.08. The van der Waals surface area contributed by atoms with Crippen molar-refractivity contribution in [3.63, 3.8) is 0 Å². The second-order valence-electron chi connectivity index (χ2n) is 4.96. The minimum atomic E-state index is -0.515. The molecule has 0 fully saturated rings. The molecule has 0 unspecified atom stereocenters. The molecule has 0 amide bonds. The van der Waals surface area contributed by atoms with Gasteiger partial charge < -0.3 is 9.47 Å². The van der Waals surface area contributed by atoms with Crippen molar-refractivity contribution in [3.8, 4) is 11.5 Å². The Bertz CT molecular complexity index is 769. The van der Waals surface area contributed by atoms with Crippen LogP contribution in [0.25, 0.3) is 0 Å². The molecule has 4 heteroatoms. The van der Waals surface area contributed by atoms with Gasteiger partial charge in [-0.1, -0.05) is 48.5 Å². The zero-order valence-electron chi connectivity index (χ0n) is 12.7. The minimum absolute atomic E-state index is 0.190. The summed E-state index contributed by atoms with van der Waals surface area (Å²) in [6.45, 7) is 0. The van der Waals surface area contributed by atoms with E-state index in [0.717, 1.165) is 0 Å². The smallest absolute Gasteiger partial charge is 0.343 e. The maximum Gasteiger partial charge on any atom is 0.343 e. The summed E-state index contributed by atoms with van der Waals surface area (Å²) in [5.74, 6) is -0.649. The lowest BCUT2D eigenvalue weighted by molar-refractivity contribution is 0.0682. The van der Waals surface area contributed by atoms with Crippen molar-refractivity contribution in [2.24, 2.45) is 0 Å². The van der Waals surface area contributed by atoms with Crippen LogP contribution in [0.4, 0.5) is 0 Å². The Kier molecular flexibility index (Phi) is 4.68. The topological polar surface area (TPSA) is 52.6 Å². The summed E-state index contributed by atoms with van der Waals surface area (Å²) in [5, 5.41) is 0. The molecule has 0 aromatic heterocycles. The number of para-hydroxylation sites is 2. The van der Waals surface area contributed by atoms with Crippen LogP contribution in [0.1, 0.15) is 20.7 Å². The van der Waals surface area contributed by atoms with Crippen molar-refractivity contribution < 1.29 is 19.1 Å². The molecule has 0 radical (unpaired) electrons. The Morgan fingerprint density at radius 2 is 0.833 bits per heavy atom. The van der Waals surface area contributed by atoms with E-state index < -0.39 is 11.9 Å². The minimum Gasteiger partial charge on any atom is -0.419 e. The van der Waals surface area contributed by atoms with Crippen LogP contribution in [-0.2, 0) is 0 Å². The Labute approximate surface area is 139 Å². The number of carbonyl (C=O) groups is 2. The number of benzene rings is 3. The summed E-state index contributed by atoms with van der Waals surface area (Å²) in [6.07, 6.45) is 0. The molecular weight excluding hydrogens is 304 g/mol. The average Bonchev–Trinajstić information content (AvgIpc) is 2.64. The van der Waals surface area contributed by atoms with Gasteiger partial charge in [-0.3, -0.25) is 0 Å². The third-order valence-electron chi connectivity index (χ3n) is 3.27. The van der Waals surface area contributed by atoms with E-state index in [1.807, 2.05) is 12.1 Å². The van der Waals surface area contributed by atoms with Gasteiger partial charge in [-0.25, -0.2) is 9.59 Å². The number of hydrogen-bond acceptors (Lipinski definition) is 4. The maximum atomic E-state index is 12.2. The predicted molar refractivity (Wildman–Crippen MR) is 89.2 cm³/mol. The van der Waals surface area contributed by atoms with Crippen LogP contribution in [0.5, 0.6) is 11.5 Å². The van der Waals surface area contributed by atoms with Gasteiger partial charge in [0.25, 0.3) is 0 Å². The molecule has 0 atom stereocenters. The van der Waals surface area contributed by atoms with E-state index in [2.05, 4.69) is 0 Å². The SMILES string of the molecule is O=C(Oc1ccccc1OC(=O)c1ccccc1)c1ccccc1. The van der Waals surface area contributed by atoms with E-state index in [1.54, 1.807) is 72.8 Å². The molecule has 0 bridgehead atoms. The van der Waals surface area contributed by atoms with Crippen molar-refractivity contribution in [1.82, 2.24) is 0 Å². The number of ether oxygens (including phenoxy) is 2. The summed E-state index contributed by atoms with van der Waals surface area (Å²) < 4.78 is 10.7. The Hall–Kier alpha value is -3.40. The van der Waals surface area contributed by atoms with Crippen LogP contribution in [0.15, 0.2) is 84.9 Å². The first-order valence-electron chi connectivity index (χ1n) is 7.37. The molecule has 0 saturated carbocycles. The van der Waals surface area contributed by atoms with Gasteiger partial charge in [-0.15, -0.1) is 0 Å². The van der Waals surface area contributed by atoms with Gasteiger partial charge in [0, 0.05) is 0 Å². The molecule has 4 nitrogen and oxygen atoms in total. The lowest BCUT2D eigenvalue weighted by Crippen LogP contribution is -2.12. The highest BCUT2D eigenvalue weighted by Gasteiger charge is 2.15. The molecule has 0 heterocycles. The molecule has 3 aromatic rings. The van der Waals surface area contributed by atoms with Gasteiger partial charge in [0.2, 0.25) is 0 Å². The first kappa shape index (κ1) is 15.5. The monoisotopic (exact) mass is 318 g/mol. The largest absolute Gasteiger partial charge is 0.419 e. The van der Waals surface area contributed by atoms with Crippen LogP contribution in [-0.4, -0.2) is 11.9 Å². The van der Waals surface area contributed by atoms with E-state index in [9.17, 15) is 9.59 Å². The third kappa shape index (κ3) is 3.67. The molecule has 0 aliphatic rings. The fraction of sp³-hybridized carbons (Fsp3) is 0. The van der Waals surface area contributed by atoms with E-state index in [0.29, 0.717) is 11.1 Å². The highest BCUT2D eigenvalue weighted by atomic mass is 16.6. The van der Waals surface area contributed by atoms with Gasteiger partial charge in [0.05, 0.1) is 11.1 Å². The zero-order valence-corrected chi connectivity index (χ0v) is 12.7. The van der Waals surface area contributed by atoms with Crippen LogP contribution in [0, 0.1) is 0 Å². The number of rotatable bonds is 4. The van der Waals surface area contributed by atoms with Crippen molar-refractivity contribution in [3.05, 3.63) is 96.1 Å². The molecule has 0 aliphatic heterocycles. The Morgan fingerprint density at radius 1 is 0.500 bits per heavy atom. The molecule has 0 saturated heterocycles. The van der Waals surface area contributed by atoms with Crippen molar-refractivity contribution >= 4 is 11.9 Å². The summed E-state index contributed by atoms with van der Waals surface area (Å²) in [6, 6.07) is 23.8. The highest BCUT2D eigenvalue weighted by Crippen LogP contribution is 2.28. The number of carbonyl (C=O) groups excluding carboxylic acids is 2. The zero-order chi connectivity index (χ0) is 16.8. The molecule has 24 heavy (non-hydrogen) atoms. The van der Waals surface area contributed by atoms with Crippen LogP contribution in [0.2, 0.25) is 0 Å². The molecule has 0 N–H and O–H groups in total. The van der Waals surface area contributed by atoms with Crippen LogP contribution < -0.4 is 9.47 Å². The summed E-state index contributed by atoms with van der Waals surface area (Å²) in [5.41, 5.74) is 0.836. The molecule has 0 spiro atoms. The third-order valence-corrected chi connectivity index (χ3v) is 3.27. The molecule has 118 valence electrons. The second-order valence-corrected chi connectivity index (χ2v) is 4.96. The summed E-state index contributed by atoms with van der Waals surface area (Å²) in [4.78, 5) is 24.3. The van der Waals surface area contributed by atoms with E-state index >= 15 is 0 Å². The summed E-state index contributed by atoms with van der Waals surface area (Å²) >= 11 is 0. The maximum absolute atomic E-state index is 12.2. The lowest BCUT2D eigenvalue weighted by atomic mass is 10.2. The van der Waals surface area contributed by atoms with Crippen molar-refractivity contribution in [1.29, 1.82) is 0 Å². The lowest BCUT2D eigenvalue weighted by Gasteiger charge is -2.10. The number of esters is 2. The van der Waals surface area contributed by atoms with Gasteiger partial charge in [0.15, 0.2) is 11.5 Å². The normalized spacial score (nSPS) is 10.0. The quantitative estimate of drug-likeness (QED) is 0.536. The average molecular weight is 318 g/mol. The van der Waals surface area contributed by atoms with Gasteiger partial charge >= 0.3 is 11.9 Å². The standard InChI is InChI=1S/C20H14O4/c21-19(15-9-3-1-4-10-15)23-17-13-7-8-14-18(17)24-20(22)16-11-5-2-6-12-16/h1-14H. The van der Waals surface area contributed by atoms with Crippen molar-refractivity contribution in [2.75, 3.05) is 0 Å². The van der Waals surface area contributed by atoms with E-state index in [4.69, 9.17) is 9.47 Å².